The van der Waals surface area contributed by atoms with Crippen molar-refractivity contribution in [2.24, 2.45) is 5.73 Å². The van der Waals surface area contributed by atoms with Crippen LogP contribution in [0.5, 0.6) is 0 Å². The number of carbonyl (C=O) groups is 1. The lowest BCUT2D eigenvalue weighted by Crippen LogP contribution is -2.42. The summed E-state index contributed by atoms with van der Waals surface area (Å²) in [7, 11) is 0. The molecule has 0 bridgehead atoms. The van der Waals surface area contributed by atoms with Gasteiger partial charge in [0, 0.05) is 24.7 Å². The Labute approximate surface area is 129 Å². The lowest BCUT2D eigenvalue weighted by Gasteiger charge is -2.26. The van der Waals surface area contributed by atoms with E-state index in [9.17, 15) is 14.3 Å². The van der Waals surface area contributed by atoms with E-state index in [4.69, 9.17) is 15.2 Å². The van der Waals surface area contributed by atoms with Crippen molar-refractivity contribution in [3.63, 3.8) is 0 Å². The summed E-state index contributed by atoms with van der Waals surface area (Å²) in [4.78, 5) is 11.8. The van der Waals surface area contributed by atoms with E-state index in [-0.39, 0.29) is 18.1 Å². The number of hydrogen-bond donors (Lipinski definition) is 2. The maximum atomic E-state index is 14.5. The zero-order valence-electron chi connectivity index (χ0n) is 12.8. The third-order valence-corrected chi connectivity index (χ3v) is 4.29. The van der Waals surface area contributed by atoms with Gasteiger partial charge in [0.05, 0.1) is 6.61 Å². The van der Waals surface area contributed by atoms with E-state index in [1.54, 1.807) is 26.0 Å². The van der Waals surface area contributed by atoms with Gasteiger partial charge in [-0.1, -0.05) is 19.1 Å². The Balaban J connectivity index is 2.32. The van der Waals surface area contributed by atoms with Crippen molar-refractivity contribution in [1.29, 1.82) is 0 Å². The van der Waals surface area contributed by atoms with Crippen LogP contribution < -0.4 is 5.73 Å². The molecule has 0 radical (unpaired) electrons. The second kappa shape index (κ2) is 6.73. The van der Waals surface area contributed by atoms with Crippen molar-refractivity contribution in [3.8, 4) is 0 Å². The number of carbonyl (C=O) groups excluding carboxylic acids is 1. The number of primary amides is 1. The maximum absolute atomic E-state index is 14.5. The number of nitrogens with two attached hydrogens (primary N) is 1. The fraction of sp³-hybridized carbons (Fsp3) is 0.562. The lowest BCUT2D eigenvalue weighted by molar-refractivity contribution is -0.123. The molecule has 0 aliphatic carbocycles. The van der Waals surface area contributed by atoms with E-state index in [2.05, 4.69) is 0 Å². The molecule has 0 aromatic heterocycles. The third kappa shape index (κ3) is 2.99. The molecular weight excluding hydrogens is 289 g/mol. The normalized spacial score (nSPS) is 24.2. The first-order valence-corrected chi connectivity index (χ1v) is 7.39. The van der Waals surface area contributed by atoms with Crippen LogP contribution in [0.25, 0.3) is 0 Å². The van der Waals surface area contributed by atoms with Crippen molar-refractivity contribution < 1.29 is 23.8 Å². The van der Waals surface area contributed by atoms with Gasteiger partial charge in [0.2, 0.25) is 5.91 Å². The van der Waals surface area contributed by atoms with E-state index >= 15 is 0 Å². The molecule has 3 atom stereocenters. The maximum Gasteiger partial charge on any atom is 0.230 e. The predicted molar refractivity (Wildman–Crippen MR) is 78.8 cm³/mol. The smallest absolute Gasteiger partial charge is 0.230 e. The minimum absolute atomic E-state index is 0.0930. The Morgan fingerprint density at radius 2 is 2.32 bits per heavy atom. The molecule has 1 amide bonds. The van der Waals surface area contributed by atoms with Crippen LogP contribution in [0.15, 0.2) is 18.2 Å². The van der Waals surface area contributed by atoms with Crippen molar-refractivity contribution in [3.05, 3.63) is 35.1 Å². The van der Waals surface area contributed by atoms with Gasteiger partial charge in [-0.3, -0.25) is 4.79 Å². The molecule has 1 fully saturated rings. The molecule has 1 aliphatic heterocycles. The second-order valence-corrected chi connectivity index (χ2v) is 5.62. The van der Waals surface area contributed by atoms with Crippen LogP contribution in [0.3, 0.4) is 0 Å². The molecule has 1 aliphatic rings. The highest BCUT2D eigenvalue weighted by Crippen LogP contribution is 2.36. The molecule has 0 spiro atoms. The van der Waals surface area contributed by atoms with Gasteiger partial charge in [-0.15, -0.1) is 0 Å². The Kier molecular flexibility index (Phi) is 5.16. The summed E-state index contributed by atoms with van der Waals surface area (Å²) in [5.41, 5.74) is 5.21. The lowest BCUT2D eigenvalue weighted by atomic mass is 9.78. The fourth-order valence-corrected chi connectivity index (χ4v) is 2.79. The molecule has 3 N–H and O–H groups in total. The van der Waals surface area contributed by atoms with Gasteiger partial charge in [-0.05, 0) is 25.0 Å². The van der Waals surface area contributed by atoms with E-state index < -0.39 is 23.4 Å². The minimum Gasteiger partial charge on any atom is -0.380 e. The Morgan fingerprint density at radius 3 is 2.82 bits per heavy atom. The molecule has 1 saturated heterocycles. The highest BCUT2D eigenvalue weighted by Gasteiger charge is 2.44. The average molecular weight is 311 g/mol. The standard InChI is InChI=1S/C16H22FNO4/c1-3-22-14(19)10(2)11-4-5-12(13(17)8-11)16(15(18)20)6-7-21-9-16/h4-5,8,10,14,19H,3,6-7,9H2,1-2H3,(H2,18,20). The van der Waals surface area contributed by atoms with Crippen LogP contribution in [0.2, 0.25) is 0 Å². The third-order valence-electron chi connectivity index (χ3n) is 4.29. The largest absolute Gasteiger partial charge is 0.380 e. The van der Waals surface area contributed by atoms with Crippen LogP contribution in [0.4, 0.5) is 4.39 Å². The van der Waals surface area contributed by atoms with Crippen LogP contribution in [0, 0.1) is 5.82 Å². The number of ether oxygens (including phenoxy) is 2. The summed E-state index contributed by atoms with van der Waals surface area (Å²) in [6, 6.07) is 4.57. The van der Waals surface area contributed by atoms with Crippen LogP contribution in [-0.2, 0) is 19.7 Å². The van der Waals surface area contributed by atoms with Gasteiger partial charge in [-0.2, -0.15) is 0 Å². The Bertz CT molecular complexity index is 543. The first kappa shape index (κ1) is 16.9. The average Bonchev–Trinajstić information content (AvgIpc) is 2.97. The number of benzene rings is 1. The van der Waals surface area contributed by atoms with Gasteiger partial charge in [0.25, 0.3) is 0 Å². The topological polar surface area (TPSA) is 81.8 Å². The number of amides is 1. The molecule has 1 aromatic carbocycles. The van der Waals surface area contributed by atoms with Gasteiger partial charge < -0.3 is 20.3 Å². The summed E-state index contributed by atoms with van der Waals surface area (Å²) in [5.74, 6) is -1.48. The molecule has 2 rings (SSSR count). The van der Waals surface area contributed by atoms with Crippen LogP contribution in [-0.4, -0.2) is 37.1 Å². The number of aliphatic hydroxyl groups is 1. The van der Waals surface area contributed by atoms with E-state index in [1.807, 2.05) is 0 Å². The Hall–Kier alpha value is -1.50. The molecule has 122 valence electrons. The van der Waals surface area contributed by atoms with Gasteiger partial charge in [0.15, 0.2) is 6.29 Å². The molecule has 6 heteroatoms. The van der Waals surface area contributed by atoms with Crippen molar-refractivity contribution in [1.82, 2.24) is 0 Å². The molecule has 22 heavy (non-hydrogen) atoms. The summed E-state index contributed by atoms with van der Waals surface area (Å²) in [6.45, 7) is 4.36. The first-order chi connectivity index (χ1) is 10.4. The fourth-order valence-electron chi connectivity index (χ4n) is 2.79. The second-order valence-electron chi connectivity index (χ2n) is 5.62. The monoisotopic (exact) mass is 311 g/mol. The molecule has 1 aromatic rings. The van der Waals surface area contributed by atoms with Crippen LogP contribution >= 0.6 is 0 Å². The van der Waals surface area contributed by atoms with E-state index in [0.29, 0.717) is 25.2 Å². The first-order valence-electron chi connectivity index (χ1n) is 7.39. The molecule has 3 unspecified atom stereocenters. The number of halogens is 1. The van der Waals surface area contributed by atoms with Crippen molar-refractivity contribution >= 4 is 5.91 Å². The minimum atomic E-state index is -1.11. The number of aliphatic hydroxyl groups excluding tert-OH is 1. The molecule has 0 saturated carbocycles. The zero-order valence-corrected chi connectivity index (χ0v) is 12.8. The summed E-state index contributed by atoms with van der Waals surface area (Å²) in [6.07, 6.45) is -0.634. The van der Waals surface area contributed by atoms with Gasteiger partial charge >= 0.3 is 0 Å². The van der Waals surface area contributed by atoms with E-state index in [0.717, 1.165) is 0 Å². The summed E-state index contributed by atoms with van der Waals surface area (Å²) >= 11 is 0. The summed E-state index contributed by atoms with van der Waals surface area (Å²) < 4.78 is 24.9. The van der Waals surface area contributed by atoms with Gasteiger partial charge in [0.1, 0.15) is 11.2 Å². The van der Waals surface area contributed by atoms with Crippen molar-refractivity contribution in [2.45, 2.75) is 37.9 Å². The predicted octanol–water partition coefficient (Wildman–Crippen LogP) is 1.43. The quantitative estimate of drug-likeness (QED) is 0.779. The highest BCUT2D eigenvalue weighted by molar-refractivity contribution is 5.87. The number of hydrogen-bond acceptors (Lipinski definition) is 4. The zero-order chi connectivity index (χ0) is 16.3. The Morgan fingerprint density at radius 1 is 1.59 bits per heavy atom. The highest BCUT2D eigenvalue weighted by atomic mass is 19.1. The summed E-state index contributed by atoms with van der Waals surface area (Å²) in [5, 5.41) is 9.84. The SMILES string of the molecule is CCOC(O)C(C)c1ccc(C2(C(N)=O)CCOC2)c(F)c1. The van der Waals surface area contributed by atoms with E-state index in [1.165, 1.54) is 6.07 Å². The van der Waals surface area contributed by atoms with Gasteiger partial charge in [-0.25, -0.2) is 4.39 Å². The number of rotatable bonds is 6. The molecular formula is C16H22FNO4. The van der Waals surface area contributed by atoms with Crippen molar-refractivity contribution in [2.75, 3.05) is 19.8 Å². The van der Waals surface area contributed by atoms with Crippen LogP contribution in [0.1, 0.15) is 37.3 Å². The molecule has 1 heterocycles. The molecule has 5 nitrogen and oxygen atoms in total.